The van der Waals surface area contributed by atoms with E-state index in [2.05, 4.69) is 9.97 Å². The summed E-state index contributed by atoms with van der Waals surface area (Å²) in [5.74, 6) is 1.36. The summed E-state index contributed by atoms with van der Waals surface area (Å²) >= 11 is 2.83. The van der Waals surface area contributed by atoms with E-state index in [4.69, 9.17) is 9.15 Å². The molecule has 0 saturated heterocycles. The van der Waals surface area contributed by atoms with E-state index < -0.39 is 0 Å². The van der Waals surface area contributed by atoms with Gasteiger partial charge in [-0.25, -0.2) is 9.97 Å². The zero-order chi connectivity index (χ0) is 19.7. The molecule has 3 heterocycles. The first kappa shape index (κ1) is 18.8. The van der Waals surface area contributed by atoms with Gasteiger partial charge in [0.25, 0.3) is 5.91 Å². The van der Waals surface area contributed by atoms with Crippen molar-refractivity contribution in [1.29, 1.82) is 0 Å². The van der Waals surface area contributed by atoms with Crippen molar-refractivity contribution >= 4 is 43.9 Å². The molecule has 1 amide bonds. The fraction of sp³-hybridized carbons (Fsp3) is 0.250. The average Bonchev–Trinajstić information content (AvgIpc) is 3.39. The number of anilines is 1. The van der Waals surface area contributed by atoms with Crippen molar-refractivity contribution in [3.63, 3.8) is 0 Å². The van der Waals surface area contributed by atoms with Crippen molar-refractivity contribution in [3.05, 3.63) is 52.7 Å². The number of rotatable bonds is 6. The molecule has 1 aromatic carbocycles. The molecule has 8 heteroatoms. The number of aromatic nitrogens is 2. The molecule has 0 aliphatic carbocycles. The molecule has 0 atom stereocenters. The molecule has 0 N–H and O–H groups in total. The first-order valence-electron chi connectivity index (χ1n) is 8.77. The highest BCUT2D eigenvalue weighted by molar-refractivity contribution is 7.22. The van der Waals surface area contributed by atoms with Crippen LogP contribution in [0.2, 0.25) is 0 Å². The van der Waals surface area contributed by atoms with Crippen LogP contribution in [0, 0.1) is 13.8 Å². The van der Waals surface area contributed by atoms with Crippen LogP contribution in [0.4, 0.5) is 5.13 Å². The van der Waals surface area contributed by atoms with E-state index in [1.807, 2.05) is 50.2 Å². The second-order valence-corrected chi connectivity index (χ2v) is 8.27. The molecule has 144 valence electrons. The Morgan fingerprint density at radius 2 is 1.96 bits per heavy atom. The highest BCUT2D eigenvalue weighted by atomic mass is 32.1. The van der Waals surface area contributed by atoms with Crippen molar-refractivity contribution in [1.82, 2.24) is 9.97 Å². The molecule has 6 nitrogen and oxygen atoms in total. The third kappa shape index (κ3) is 3.58. The van der Waals surface area contributed by atoms with Crippen molar-refractivity contribution in [2.75, 3.05) is 25.2 Å². The van der Waals surface area contributed by atoms with Crippen LogP contribution < -0.4 is 4.90 Å². The quantitative estimate of drug-likeness (QED) is 0.449. The minimum absolute atomic E-state index is 0.124. The molecule has 3 aromatic heterocycles. The van der Waals surface area contributed by atoms with Crippen molar-refractivity contribution in [2.24, 2.45) is 0 Å². The maximum Gasteiger partial charge on any atom is 0.272 e. The Hall–Kier alpha value is -2.55. The monoisotopic (exact) mass is 413 g/mol. The lowest BCUT2D eigenvalue weighted by atomic mass is 10.3. The molecule has 0 spiro atoms. The van der Waals surface area contributed by atoms with Crippen molar-refractivity contribution < 1.29 is 13.9 Å². The molecule has 0 unspecified atom stereocenters. The van der Waals surface area contributed by atoms with Gasteiger partial charge in [-0.05, 0) is 38.1 Å². The predicted molar refractivity (Wildman–Crippen MR) is 112 cm³/mol. The van der Waals surface area contributed by atoms with E-state index in [9.17, 15) is 4.79 Å². The number of thiazole rings is 2. The average molecular weight is 414 g/mol. The molecule has 0 radical (unpaired) electrons. The number of hydrogen-bond acceptors (Lipinski definition) is 7. The van der Waals surface area contributed by atoms with Crippen LogP contribution >= 0.6 is 22.7 Å². The zero-order valence-electron chi connectivity index (χ0n) is 15.8. The number of para-hydroxylation sites is 1. The summed E-state index contributed by atoms with van der Waals surface area (Å²) in [6.45, 7) is 4.57. The number of furan rings is 1. The Bertz CT molecular complexity index is 1100. The van der Waals surface area contributed by atoms with E-state index in [0.29, 0.717) is 39.6 Å². The van der Waals surface area contributed by atoms with Gasteiger partial charge in [-0.15, -0.1) is 11.3 Å². The molecule has 0 aliphatic rings. The van der Waals surface area contributed by atoms with Gasteiger partial charge in [-0.1, -0.05) is 23.5 Å². The summed E-state index contributed by atoms with van der Waals surface area (Å²) in [4.78, 5) is 24.8. The SMILES string of the molecule is COCCN(C(=O)c1sc(-c2ccc(C)o2)nc1C)c1nc2ccccc2s1. The second kappa shape index (κ2) is 7.83. The fourth-order valence-corrected chi connectivity index (χ4v) is 4.78. The van der Waals surface area contributed by atoms with Gasteiger partial charge in [0.15, 0.2) is 15.9 Å². The number of nitrogens with zero attached hydrogens (tertiary/aromatic N) is 3. The summed E-state index contributed by atoms with van der Waals surface area (Å²) in [5.41, 5.74) is 1.56. The number of amides is 1. The van der Waals surface area contributed by atoms with Crippen LogP contribution in [0.1, 0.15) is 21.1 Å². The van der Waals surface area contributed by atoms with Crippen LogP contribution in [-0.2, 0) is 4.74 Å². The number of methoxy groups -OCH3 is 1. The second-order valence-electron chi connectivity index (χ2n) is 6.26. The van der Waals surface area contributed by atoms with Crippen LogP contribution in [0.25, 0.3) is 21.0 Å². The Kier molecular flexibility index (Phi) is 5.25. The molecular formula is C20H19N3O3S2. The Labute approximate surface area is 170 Å². The normalized spacial score (nSPS) is 11.2. The lowest BCUT2D eigenvalue weighted by molar-refractivity contribution is 0.0979. The topological polar surface area (TPSA) is 68.5 Å². The molecular weight excluding hydrogens is 394 g/mol. The first-order valence-corrected chi connectivity index (χ1v) is 10.4. The summed E-state index contributed by atoms with van der Waals surface area (Å²) in [7, 11) is 1.62. The molecule has 0 aliphatic heterocycles. The van der Waals surface area contributed by atoms with E-state index in [-0.39, 0.29) is 5.91 Å². The van der Waals surface area contributed by atoms with E-state index in [1.54, 1.807) is 12.0 Å². The number of aryl methyl sites for hydroxylation is 2. The third-order valence-electron chi connectivity index (χ3n) is 4.22. The predicted octanol–water partition coefficient (Wildman–Crippen LogP) is 4.92. The minimum atomic E-state index is -0.124. The highest BCUT2D eigenvalue weighted by Crippen LogP contribution is 2.33. The maximum atomic E-state index is 13.4. The van der Waals surface area contributed by atoms with E-state index in [0.717, 1.165) is 16.0 Å². The van der Waals surface area contributed by atoms with Gasteiger partial charge < -0.3 is 9.15 Å². The minimum Gasteiger partial charge on any atom is -0.459 e. The van der Waals surface area contributed by atoms with Crippen LogP contribution in [-0.4, -0.2) is 36.1 Å². The number of ether oxygens (including phenoxy) is 1. The van der Waals surface area contributed by atoms with Crippen LogP contribution in [0.3, 0.4) is 0 Å². The molecule has 4 aromatic rings. The Morgan fingerprint density at radius 3 is 2.68 bits per heavy atom. The molecule has 0 saturated carbocycles. The van der Waals surface area contributed by atoms with Crippen molar-refractivity contribution in [3.8, 4) is 10.8 Å². The highest BCUT2D eigenvalue weighted by Gasteiger charge is 2.26. The lowest BCUT2D eigenvalue weighted by Gasteiger charge is -2.18. The summed E-state index contributed by atoms with van der Waals surface area (Å²) in [6.07, 6.45) is 0. The van der Waals surface area contributed by atoms with E-state index >= 15 is 0 Å². The first-order chi connectivity index (χ1) is 13.6. The molecule has 0 fully saturated rings. The number of benzene rings is 1. The summed E-state index contributed by atoms with van der Waals surface area (Å²) in [5, 5.41) is 1.36. The number of carbonyl (C=O) groups excluding carboxylic acids is 1. The number of hydrogen-bond donors (Lipinski definition) is 0. The summed E-state index contributed by atoms with van der Waals surface area (Å²) < 4.78 is 11.9. The Morgan fingerprint density at radius 1 is 1.14 bits per heavy atom. The maximum absolute atomic E-state index is 13.4. The molecule has 4 rings (SSSR count). The molecule has 28 heavy (non-hydrogen) atoms. The number of carbonyl (C=O) groups is 1. The van der Waals surface area contributed by atoms with Gasteiger partial charge in [0.2, 0.25) is 0 Å². The zero-order valence-corrected chi connectivity index (χ0v) is 17.4. The van der Waals surface area contributed by atoms with Crippen molar-refractivity contribution in [2.45, 2.75) is 13.8 Å². The van der Waals surface area contributed by atoms with E-state index in [1.165, 1.54) is 22.7 Å². The Balaban J connectivity index is 1.70. The summed E-state index contributed by atoms with van der Waals surface area (Å²) in [6, 6.07) is 11.6. The van der Waals surface area contributed by atoms with Gasteiger partial charge in [-0.2, -0.15) is 0 Å². The van der Waals surface area contributed by atoms with Crippen LogP contribution in [0.5, 0.6) is 0 Å². The smallest absolute Gasteiger partial charge is 0.272 e. The standard InChI is InChI=1S/C20H19N3O3S2/c1-12-8-9-15(26-12)18-21-13(2)17(28-18)19(24)23(10-11-25-3)20-22-14-6-4-5-7-16(14)27-20/h4-9H,10-11H2,1-3H3. The van der Waals surface area contributed by atoms with Gasteiger partial charge in [0.1, 0.15) is 10.6 Å². The van der Waals surface area contributed by atoms with Gasteiger partial charge >= 0.3 is 0 Å². The van der Waals surface area contributed by atoms with Gasteiger partial charge in [0, 0.05) is 7.11 Å². The third-order valence-corrected chi connectivity index (χ3v) is 6.44. The van der Waals surface area contributed by atoms with Gasteiger partial charge in [0.05, 0.1) is 29.1 Å². The fourth-order valence-electron chi connectivity index (χ4n) is 2.81. The number of fused-ring (bicyclic) bond motifs is 1. The largest absolute Gasteiger partial charge is 0.459 e. The van der Waals surface area contributed by atoms with Gasteiger partial charge in [-0.3, -0.25) is 9.69 Å². The van der Waals surface area contributed by atoms with Crippen LogP contribution in [0.15, 0.2) is 40.8 Å². The lowest BCUT2D eigenvalue weighted by Crippen LogP contribution is -2.33. The molecule has 0 bridgehead atoms.